The van der Waals surface area contributed by atoms with Gasteiger partial charge in [-0.25, -0.2) is 4.98 Å². The molecule has 0 aromatic carbocycles. The summed E-state index contributed by atoms with van der Waals surface area (Å²) in [6.07, 6.45) is 5.53. The van der Waals surface area contributed by atoms with Crippen molar-refractivity contribution in [2.24, 2.45) is 0 Å². The van der Waals surface area contributed by atoms with Crippen LogP contribution in [-0.4, -0.2) is 21.9 Å². The van der Waals surface area contributed by atoms with Crippen LogP contribution in [0, 0.1) is 6.92 Å². The molecule has 0 fully saturated rings. The van der Waals surface area contributed by atoms with E-state index < -0.39 is 0 Å². The molecule has 0 bridgehead atoms. The van der Waals surface area contributed by atoms with E-state index in [9.17, 15) is 4.79 Å². The third-order valence-electron chi connectivity index (χ3n) is 3.01. The van der Waals surface area contributed by atoms with Crippen molar-refractivity contribution in [1.82, 2.24) is 15.3 Å². The first kappa shape index (κ1) is 14.7. The van der Waals surface area contributed by atoms with Crippen LogP contribution in [0.25, 0.3) is 10.6 Å². The molecule has 2 rings (SSSR count). The quantitative estimate of drug-likeness (QED) is 0.917. The van der Waals surface area contributed by atoms with Crippen LogP contribution in [0.4, 0.5) is 0 Å². The zero-order valence-electron chi connectivity index (χ0n) is 12.0. The Kier molecular flexibility index (Phi) is 4.84. The van der Waals surface area contributed by atoms with Gasteiger partial charge in [-0.2, -0.15) is 0 Å². The van der Waals surface area contributed by atoms with Crippen LogP contribution in [0.5, 0.6) is 0 Å². The molecule has 0 aliphatic rings. The minimum Gasteiger partial charge on any atom is -0.349 e. The lowest BCUT2D eigenvalue weighted by molar-refractivity contribution is 0.0941. The fraction of sp³-hybridized carbons (Fsp3) is 0.400. The highest BCUT2D eigenvalue weighted by Gasteiger charge is 2.17. The van der Waals surface area contributed by atoms with Gasteiger partial charge in [0, 0.05) is 24.0 Å². The van der Waals surface area contributed by atoms with Gasteiger partial charge >= 0.3 is 0 Å². The summed E-state index contributed by atoms with van der Waals surface area (Å²) in [7, 11) is 0. The number of carbonyl (C=O) groups is 1. The smallest absolute Gasteiger partial charge is 0.263 e. The Hall–Kier alpha value is -1.75. The minimum atomic E-state index is -0.0314. The van der Waals surface area contributed by atoms with Gasteiger partial charge in [0.1, 0.15) is 9.88 Å². The summed E-state index contributed by atoms with van der Waals surface area (Å²) in [5.74, 6) is -0.0314. The van der Waals surface area contributed by atoms with Crippen molar-refractivity contribution in [1.29, 1.82) is 0 Å². The molecule has 2 heterocycles. The maximum Gasteiger partial charge on any atom is 0.263 e. The molecule has 4 nitrogen and oxygen atoms in total. The van der Waals surface area contributed by atoms with Crippen molar-refractivity contribution in [3.8, 4) is 10.6 Å². The molecule has 1 amide bonds. The molecular weight excluding hydrogens is 270 g/mol. The highest BCUT2D eigenvalue weighted by Crippen LogP contribution is 2.27. The van der Waals surface area contributed by atoms with Gasteiger partial charge in [0.25, 0.3) is 5.91 Å². The number of nitrogens with one attached hydrogen (secondary N) is 1. The van der Waals surface area contributed by atoms with Crippen LogP contribution in [0.2, 0.25) is 0 Å². The number of aromatic nitrogens is 2. The van der Waals surface area contributed by atoms with Crippen LogP contribution < -0.4 is 5.32 Å². The number of amides is 1. The molecule has 1 atom stereocenters. The average Bonchev–Trinajstić information content (AvgIpc) is 2.82. The van der Waals surface area contributed by atoms with Gasteiger partial charge in [0.2, 0.25) is 0 Å². The first-order chi connectivity index (χ1) is 9.61. The predicted molar refractivity (Wildman–Crippen MR) is 81.9 cm³/mol. The number of carbonyl (C=O) groups excluding carboxylic acids is 1. The summed E-state index contributed by atoms with van der Waals surface area (Å²) in [6.45, 7) is 6.01. The predicted octanol–water partition coefficient (Wildman–Crippen LogP) is 3.43. The lowest BCUT2D eigenvalue weighted by Crippen LogP contribution is -2.32. The summed E-state index contributed by atoms with van der Waals surface area (Å²) in [4.78, 5) is 21.5. The minimum absolute atomic E-state index is 0.0314. The Bertz CT molecular complexity index is 580. The monoisotopic (exact) mass is 289 g/mol. The van der Waals surface area contributed by atoms with E-state index in [0.29, 0.717) is 4.88 Å². The highest BCUT2D eigenvalue weighted by atomic mass is 32.1. The normalized spacial score (nSPS) is 12.2. The summed E-state index contributed by atoms with van der Waals surface area (Å²) in [5, 5.41) is 3.86. The highest BCUT2D eigenvalue weighted by molar-refractivity contribution is 7.17. The third-order valence-corrected chi connectivity index (χ3v) is 4.22. The van der Waals surface area contributed by atoms with Gasteiger partial charge in [0.15, 0.2) is 0 Å². The van der Waals surface area contributed by atoms with Gasteiger partial charge in [-0.05, 0) is 32.4 Å². The van der Waals surface area contributed by atoms with E-state index in [-0.39, 0.29) is 11.9 Å². The maximum atomic E-state index is 12.2. The zero-order valence-corrected chi connectivity index (χ0v) is 12.8. The number of nitrogens with zero attached hydrogens (tertiary/aromatic N) is 2. The molecule has 2 aromatic rings. The largest absolute Gasteiger partial charge is 0.349 e. The van der Waals surface area contributed by atoms with Crippen molar-refractivity contribution < 1.29 is 4.79 Å². The Morgan fingerprint density at radius 3 is 2.95 bits per heavy atom. The van der Waals surface area contributed by atoms with Crippen molar-refractivity contribution in [3.05, 3.63) is 35.1 Å². The molecule has 1 N–H and O–H groups in total. The summed E-state index contributed by atoms with van der Waals surface area (Å²) in [5.41, 5.74) is 1.72. The second-order valence-corrected chi connectivity index (χ2v) is 5.84. The fourth-order valence-corrected chi connectivity index (χ4v) is 2.97. The van der Waals surface area contributed by atoms with Gasteiger partial charge in [-0.15, -0.1) is 11.3 Å². The van der Waals surface area contributed by atoms with Crippen molar-refractivity contribution >= 4 is 17.2 Å². The number of hydrogen-bond donors (Lipinski definition) is 1. The van der Waals surface area contributed by atoms with E-state index in [4.69, 9.17) is 0 Å². The number of rotatable bonds is 5. The molecular formula is C15H19N3OS. The van der Waals surface area contributed by atoms with Gasteiger partial charge in [0.05, 0.1) is 5.69 Å². The molecule has 1 unspecified atom stereocenters. The van der Waals surface area contributed by atoms with E-state index >= 15 is 0 Å². The lowest BCUT2D eigenvalue weighted by Gasteiger charge is -2.11. The molecule has 106 valence electrons. The SMILES string of the molecule is CCCC(C)NC(=O)c1sc(-c2cccnc2)nc1C. The van der Waals surface area contributed by atoms with Crippen molar-refractivity contribution in [2.75, 3.05) is 0 Å². The second kappa shape index (κ2) is 6.61. The average molecular weight is 289 g/mol. The number of pyridine rings is 1. The molecule has 5 heteroatoms. The van der Waals surface area contributed by atoms with Crippen LogP contribution in [0.1, 0.15) is 42.1 Å². The van der Waals surface area contributed by atoms with E-state index in [1.807, 2.05) is 26.0 Å². The number of aryl methyl sites for hydroxylation is 1. The molecule has 0 aliphatic heterocycles. The zero-order chi connectivity index (χ0) is 14.5. The van der Waals surface area contributed by atoms with E-state index in [1.165, 1.54) is 11.3 Å². The van der Waals surface area contributed by atoms with E-state index in [1.54, 1.807) is 12.4 Å². The first-order valence-electron chi connectivity index (χ1n) is 6.80. The Labute approximate surface area is 123 Å². The van der Waals surface area contributed by atoms with E-state index in [2.05, 4.69) is 22.2 Å². The van der Waals surface area contributed by atoms with Crippen molar-refractivity contribution in [3.63, 3.8) is 0 Å². The molecule has 0 spiro atoms. The van der Waals surface area contributed by atoms with E-state index in [0.717, 1.165) is 29.1 Å². The van der Waals surface area contributed by atoms with Gasteiger partial charge in [-0.1, -0.05) is 13.3 Å². The molecule has 2 aromatic heterocycles. The Morgan fingerprint density at radius 1 is 1.50 bits per heavy atom. The summed E-state index contributed by atoms with van der Waals surface area (Å²) in [6, 6.07) is 4.01. The number of hydrogen-bond acceptors (Lipinski definition) is 4. The topological polar surface area (TPSA) is 54.9 Å². The van der Waals surface area contributed by atoms with Crippen LogP contribution in [0.3, 0.4) is 0 Å². The fourth-order valence-electron chi connectivity index (χ4n) is 2.01. The Balaban J connectivity index is 2.17. The summed E-state index contributed by atoms with van der Waals surface area (Å²) >= 11 is 1.42. The lowest BCUT2D eigenvalue weighted by atomic mass is 10.2. The van der Waals surface area contributed by atoms with Crippen LogP contribution in [0.15, 0.2) is 24.5 Å². The van der Waals surface area contributed by atoms with Gasteiger partial charge < -0.3 is 5.32 Å². The molecule has 0 saturated carbocycles. The summed E-state index contributed by atoms with van der Waals surface area (Å²) < 4.78 is 0. The molecule has 0 aliphatic carbocycles. The second-order valence-electron chi connectivity index (χ2n) is 4.84. The number of thiazole rings is 1. The maximum absolute atomic E-state index is 12.2. The molecule has 0 saturated heterocycles. The Morgan fingerprint density at radius 2 is 2.30 bits per heavy atom. The first-order valence-corrected chi connectivity index (χ1v) is 7.62. The molecule has 0 radical (unpaired) electrons. The standard InChI is InChI=1S/C15H19N3OS/c1-4-6-10(2)17-14(19)13-11(3)18-15(20-13)12-7-5-8-16-9-12/h5,7-10H,4,6H2,1-3H3,(H,17,19). The third kappa shape index (κ3) is 3.42. The van der Waals surface area contributed by atoms with Crippen LogP contribution in [-0.2, 0) is 0 Å². The van der Waals surface area contributed by atoms with Crippen molar-refractivity contribution in [2.45, 2.75) is 39.7 Å². The molecule has 20 heavy (non-hydrogen) atoms. The van der Waals surface area contributed by atoms with Crippen LogP contribution >= 0.6 is 11.3 Å². The van der Waals surface area contributed by atoms with Gasteiger partial charge in [-0.3, -0.25) is 9.78 Å².